The van der Waals surface area contributed by atoms with Gasteiger partial charge in [0.15, 0.2) is 0 Å². The van der Waals surface area contributed by atoms with Gasteiger partial charge in [0.05, 0.1) is 23.5 Å². The van der Waals surface area contributed by atoms with E-state index in [4.69, 9.17) is 0 Å². The van der Waals surface area contributed by atoms with Crippen LogP contribution >= 0.6 is 0 Å². The number of aromatic nitrogens is 3. The maximum absolute atomic E-state index is 12.6. The van der Waals surface area contributed by atoms with Gasteiger partial charge >= 0.3 is 6.18 Å². The highest BCUT2D eigenvalue weighted by atomic mass is 19.4. The predicted octanol–water partition coefficient (Wildman–Crippen LogP) is 2.98. The van der Waals surface area contributed by atoms with Crippen molar-refractivity contribution in [1.82, 2.24) is 20.3 Å². The largest absolute Gasteiger partial charge is 0.416 e. The van der Waals surface area contributed by atoms with E-state index in [0.717, 1.165) is 12.1 Å². The number of hydrogen-bond acceptors (Lipinski definition) is 3. The molecule has 0 fully saturated rings. The maximum atomic E-state index is 12.6. The van der Waals surface area contributed by atoms with Crippen LogP contribution in [0.3, 0.4) is 0 Å². The molecule has 0 saturated carbocycles. The third-order valence-electron chi connectivity index (χ3n) is 3.75. The zero-order valence-corrected chi connectivity index (χ0v) is 12.8. The normalized spacial score (nSPS) is 12.9. The summed E-state index contributed by atoms with van der Waals surface area (Å²) in [6, 6.07) is 4.53. The van der Waals surface area contributed by atoms with Gasteiger partial charge < -0.3 is 4.90 Å². The lowest BCUT2D eigenvalue weighted by molar-refractivity contribution is -0.137. The molecule has 0 saturated heterocycles. The second-order valence-electron chi connectivity index (χ2n) is 5.26. The summed E-state index contributed by atoms with van der Waals surface area (Å²) in [7, 11) is 1.63. The number of benzene rings is 1. The van der Waals surface area contributed by atoms with E-state index in [-0.39, 0.29) is 18.4 Å². The first kappa shape index (κ1) is 17.0. The number of halogens is 3. The van der Waals surface area contributed by atoms with Crippen molar-refractivity contribution in [2.24, 2.45) is 0 Å². The van der Waals surface area contributed by atoms with Gasteiger partial charge in [0.25, 0.3) is 0 Å². The molecule has 1 aromatic heterocycles. The second-order valence-corrected chi connectivity index (χ2v) is 5.26. The van der Waals surface area contributed by atoms with Crippen LogP contribution in [-0.4, -0.2) is 33.3 Å². The van der Waals surface area contributed by atoms with Crippen LogP contribution in [-0.2, 0) is 17.4 Å². The highest BCUT2D eigenvalue weighted by Crippen LogP contribution is 2.30. The number of hydrogen-bond donors (Lipinski definition) is 1. The Bertz CT molecular complexity index is 638. The Morgan fingerprint density at radius 3 is 2.48 bits per heavy atom. The predicted molar refractivity (Wildman–Crippen MR) is 77.3 cm³/mol. The first-order valence-electron chi connectivity index (χ1n) is 7.06. The Hall–Kier alpha value is -2.38. The first-order valence-corrected chi connectivity index (χ1v) is 7.06. The van der Waals surface area contributed by atoms with E-state index in [1.54, 1.807) is 20.2 Å². The molecular formula is C15H17F3N4O. The second kappa shape index (κ2) is 6.80. The molecule has 8 heteroatoms. The Morgan fingerprint density at radius 1 is 1.30 bits per heavy atom. The van der Waals surface area contributed by atoms with Crippen molar-refractivity contribution in [2.45, 2.75) is 32.0 Å². The Balaban J connectivity index is 1.98. The zero-order valence-electron chi connectivity index (χ0n) is 12.8. The smallest absolute Gasteiger partial charge is 0.339 e. The molecule has 1 amide bonds. The third-order valence-corrected chi connectivity index (χ3v) is 3.75. The molecular weight excluding hydrogens is 309 g/mol. The van der Waals surface area contributed by atoms with Crippen LogP contribution in [0.2, 0.25) is 0 Å². The van der Waals surface area contributed by atoms with Crippen LogP contribution < -0.4 is 0 Å². The Labute approximate surface area is 131 Å². The molecule has 0 radical (unpaired) electrons. The molecule has 0 aliphatic carbocycles. The molecule has 1 aromatic carbocycles. The SMILES string of the molecule is CC(c1ccc(C(F)(F)F)cc1)N(C)C(=O)CCc1cn[nH]n1. The third kappa shape index (κ3) is 4.30. The van der Waals surface area contributed by atoms with E-state index >= 15 is 0 Å². The average molecular weight is 326 g/mol. The van der Waals surface area contributed by atoms with Gasteiger partial charge in [0.2, 0.25) is 5.91 Å². The number of carbonyl (C=O) groups excluding carboxylic acids is 1. The van der Waals surface area contributed by atoms with Gasteiger partial charge in [-0.2, -0.15) is 28.6 Å². The highest BCUT2D eigenvalue weighted by molar-refractivity contribution is 5.76. The summed E-state index contributed by atoms with van der Waals surface area (Å²) in [5.74, 6) is -0.111. The van der Waals surface area contributed by atoms with Crippen LogP contribution in [0.4, 0.5) is 13.2 Å². The minimum absolute atomic E-state index is 0.111. The van der Waals surface area contributed by atoms with E-state index in [0.29, 0.717) is 17.7 Å². The fourth-order valence-electron chi connectivity index (χ4n) is 2.15. The number of nitrogens with one attached hydrogen (secondary N) is 1. The molecule has 0 spiro atoms. The Morgan fingerprint density at radius 2 is 1.96 bits per heavy atom. The van der Waals surface area contributed by atoms with Gasteiger partial charge in [-0.25, -0.2) is 0 Å². The van der Waals surface area contributed by atoms with E-state index in [1.807, 2.05) is 0 Å². The molecule has 1 unspecified atom stereocenters. The first-order chi connectivity index (χ1) is 10.8. The summed E-state index contributed by atoms with van der Waals surface area (Å²) in [6.07, 6.45) is -2.10. The molecule has 5 nitrogen and oxygen atoms in total. The van der Waals surface area contributed by atoms with Gasteiger partial charge in [0, 0.05) is 19.9 Å². The topological polar surface area (TPSA) is 61.9 Å². The van der Waals surface area contributed by atoms with E-state index in [2.05, 4.69) is 15.4 Å². The molecule has 1 N–H and O–H groups in total. The van der Waals surface area contributed by atoms with Gasteiger partial charge in [-0.1, -0.05) is 12.1 Å². The number of carbonyl (C=O) groups is 1. The molecule has 0 bridgehead atoms. The number of rotatable bonds is 5. The van der Waals surface area contributed by atoms with Gasteiger partial charge in [0.1, 0.15) is 0 Å². The molecule has 0 aliphatic rings. The van der Waals surface area contributed by atoms with Crippen molar-refractivity contribution >= 4 is 5.91 Å². The van der Waals surface area contributed by atoms with Crippen LogP contribution in [0.25, 0.3) is 0 Å². The van der Waals surface area contributed by atoms with Crippen LogP contribution in [0.1, 0.15) is 36.2 Å². The molecule has 124 valence electrons. The molecule has 1 atom stereocenters. The zero-order chi connectivity index (χ0) is 17.0. The van der Waals surface area contributed by atoms with Crippen molar-refractivity contribution in [3.05, 3.63) is 47.3 Å². The summed E-state index contributed by atoms with van der Waals surface area (Å²) in [5, 5.41) is 10.0. The van der Waals surface area contributed by atoms with E-state index in [9.17, 15) is 18.0 Å². The van der Waals surface area contributed by atoms with Crippen molar-refractivity contribution < 1.29 is 18.0 Å². The fourth-order valence-corrected chi connectivity index (χ4v) is 2.15. The average Bonchev–Trinajstić information content (AvgIpc) is 3.04. The molecule has 2 rings (SSSR count). The minimum atomic E-state index is -4.36. The summed E-state index contributed by atoms with van der Waals surface area (Å²) in [5.41, 5.74) is 0.637. The molecule has 1 heterocycles. The summed E-state index contributed by atoms with van der Waals surface area (Å²) >= 11 is 0. The van der Waals surface area contributed by atoms with E-state index in [1.165, 1.54) is 17.0 Å². The maximum Gasteiger partial charge on any atom is 0.416 e. The van der Waals surface area contributed by atoms with Crippen molar-refractivity contribution in [3.8, 4) is 0 Å². The Kier molecular flexibility index (Phi) is 5.02. The number of aryl methyl sites for hydroxylation is 1. The van der Waals surface area contributed by atoms with Crippen LogP contribution in [0, 0.1) is 0 Å². The number of amides is 1. The molecule has 0 aliphatic heterocycles. The van der Waals surface area contributed by atoms with Gasteiger partial charge in [-0.05, 0) is 24.6 Å². The summed E-state index contributed by atoms with van der Waals surface area (Å²) < 4.78 is 37.7. The summed E-state index contributed by atoms with van der Waals surface area (Å²) in [6.45, 7) is 1.77. The quantitative estimate of drug-likeness (QED) is 0.919. The van der Waals surface area contributed by atoms with Crippen LogP contribution in [0.15, 0.2) is 30.5 Å². The van der Waals surface area contributed by atoms with E-state index < -0.39 is 11.7 Å². The van der Waals surface area contributed by atoms with Crippen LogP contribution in [0.5, 0.6) is 0 Å². The summed E-state index contributed by atoms with van der Waals surface area (Å²) in [4.78, 5) is 13.7. The van der Waals surface area contributed by atoms with Crippen molar-refractivity contribution in [3.63, 3.8) is 0 Å². The number of nitrogens with zero attached hydrogens (tertiary/aromatic N) is 3. The molecule has 2 aromatic rings. The van der Waals surface area contributed by atoms with Gasteiger partial charge in [-0.3, -0.25) is 4.79 Å². The lowest BCUT2D eigenvalue weighted by Crippen LogP contribution is -2.29. The lowest BCUT2D eigenvalue weighted by atomic mass is 10.0. The number of H-pyrrole nitrogens is 1. The van der Waals surface area contributed by atoms with Gasteiger partial charge in [-0.15, -0.1) is 0 Å². The monoisotopic (exact) mass is 326 g/mol. The van der Waals surface area contributed by atoms with Crippen molar-refractivity contribution in [2.75, 3.05) is 7.05 Å². The standard InChI is InChI=1S/C15H17F3N4O/c1-10(11-3-5-12(6-4-11)15(16,17)18)22(2)14(23)8-7-13-9-19-21-20-13/h3-6,9-10H,7-8H2,1-2H3,(H,19,20,21). The number of aromatic amines is 1. The van der Waals surface area contributed by atoms with Crippen molar-refractivity contribution in [1.29, 1.82) is 0 Å². The number of alkyl halides is 3. The fraction of sp³-hybridized carbons (Fsp3) is 0.400. The minimum Gasteiger partial charge on any atom is -0.339 e. The highest BCUT2D eigenvalue weighted by Gasteiger charge is 2.30. The lowest BCUT2D eigenvalue weighted by Gasteiger charge is -2.25. The molecule has 23 heavy (non-hydrogen) atoms.